The fraction of sp³-hybridized carbons (Fsp3) is 0.647. The Hall–Kier alpha value is -0.830. The van der Waals surface area contributed by atoms with Crippen LogP contribution >= 0.6 is 11.8 Å². The van der Waals surface area contributed by atoms with E-state index in [4.69, 9.17) is 0 Å². The quantitative estimate of drug-likeness (QED) is 0.897. The van der Waals surface area contributed by atoms with Gasteiger partial charge in [0.05, 0.1) is 11.4 Å². The molecule has 2 saturated heterocycles. The molecule has 2 aliphatic heterocycles. The Morgan fingerprint density at radius 2 is 1.95 bits per heavy atom. The average Bonchev–Trinajstić information content (AvgIpc) is 2.95. The number of rotatable bonds is 3. The van der Waals surface area contributed by atoms with Crippen LogP contribution in [0.5, 0.6) is 0 Å². The third-order valence-electron chi connectivity index (χ3n) is 4.80. The molecular weight excluding hydrogens is 264 g/mol. The predicted molar refractivity (Wildman–Crippen MR) is 91.0 cm³/mol. The molecule has 1 atom stereocenters. The van der Waals surface area contributed by atoms with Gasteiger partial charge in [0.1, 0.15) is 0 Å². The van der Waals surface area contributed by atoms with E-state index in [-0.39, 0.29) is 0 Å². The molecule has 0 aromatic heterocycles. The minimum absolute atomic E-state index is 0.392. The third-order valence-corrected chi connectivity index (χ3v) is 5.86. The summed E-state index contributed by atoms with van der Waals surface area (Å²) < 4.78 is 0. The Labute approximate surface area is 127 Å². The Balaban J connectivity index is 1.79. The number of nitrogens with zero attached hydrogens (tertiary/aromatic N) is 1. The number of hydrogen-bond acceptors (Lipinski definition) is 3. The zero-order valence-corrected chi connectivity index (χ0v) is 13.5. The lowest BCUT2D eigenvalue weighted by Gasteiger charge is -2.40. The topological polar surface area (TPSA) is 15.3 Å². The van der Waals surface area contributed by atoms with Crippen LogP contribution in [0.15, 0.2) is 24.3 Å². The van der Waals surface area contributed by atoms with Crippen molar-refractivity contribution in [1.82, 2.24) is 0 Å². The van der Waals surface area contributed by atoms with Crippen molar-refractivity contribution in [2.45, 2.75) is 39.2 Å². The Kier molecular flexibility index (Phi) is 4.16. The van der Waals surface area contributed by atoms with Gasteiger partial charge in [0.25, 0.3) is 0 Å². The lowest BCUT2D eigenvalue weighted by atomic mass is 9.82. The molecule has 0 aliphatic carbocycles. The van der Waals surface area contributed by atoms with E-state index < -0.39 is 0 Å². The molecule has 1 aromatic carbocycles. The van der Waals surface area contributed by atoms with Crippen molar-refractivity contribution in [3.05, 3.63) is 24.3 Å². The molecule has 110 valence electrons. The molecule has 2 aliphatic rings. The number of hydrogen-bond donors (Lipinski definition) is 1. The summed E-state index contributed by atoms with van der Waals surface area (Å²) in [7, 11) is 0. The van der Waals surface area contributed by atoms with E-state index in [1.165, 1.54) is 55.2 Å². The van der Waals surface area contributed by atoms with E-state index >= 15 is 0 Å². The molecule has 20 heavy (non-hydrogen) atoms. The second-order valence-corrected chi connectivity index (χ2v) is 7.87. The predicted octanol–water partition coefficient (Wildman–Crippen LogP) is 4.23. The van der Waals surface area contributed by atoms with Gasteiger partial charge < -0.3 is 10.2 Å². The maximum Gasteiger partial charge on any atom is 0.0602 e. The highest BCUT2D eigenvalue weighted by atomic mass is 32.2. The largest absolute Gasteiger partial charge is 0.379 e. The first kappa shape index (κ1) is 14.1. The van der Waals surface area contributed by atoms with Gasteiger partial charge in [-0.05, 0) is 42.6 Å². The summed E-state index contributed by atoms with van der Waals surface area (Å²) in [5.74, 6) is 2.53. The molecule has 0 spiro atoms. The molecule has 0 bridgehead atoms. The van der Waals surface area contributed by atoms with Crippen LogP contribution < -0.4 is 10.2 Å². The summed E-state index contributed by atoms with van der Waals surface area (Å²) in [6.45, 7) is 7.23. The first-order chi connectivity index (χ1) is 9.67. The van der Waals surface area contributed by atoms with Crippen molar-refractivity contribution in [2.75, 3.05) is 34.8 Å². The van der Waals surface area contributed by atoms with Crippen LogP contribution in [0.1, 0.15) is 33.1 Å². The van der Waals surface area contributed by atoms with Crippen LogP contribution in [0.25, 0.3) is 0 Å². The molecule has 1 unspecified atom stereocenters. The summed E-state index contributed by atoms with van der Waals surface area (Å²) in [6, 6.07) is 9.43. The van der Waals surface area contributed by atoms with Gasteiger partial charge in [-0.3, -0.25) is 0 Å². The van der Waals surface area contributed by atoms with E-state index in [1.807, 2.05) is 0 Å². The highest BCUT2D eigenvalue weighted by molar-refractivity contribution is 7.99. The minimum Gasteiger partial charge on any atom is -0.379 e. The molecule has 3 heteroatoms. The first-order valence-corrected chi connectivity index (χ1v) is 9.00. The zero-order chi connectivity index (χ0) is 14.0. The van der Waals surface area contributed by atoms with Crippen LogP contribution in [-0.4, -0.2) is 30.6 Å². The minimum atomic E-state index is 0.392. The second-order valence-electron chi connectivity index (χ2n) is 6.72. The Morgan fingerprint density at radius 1 is 1.20 bits per heavy atom. The average molecular weight is 290 g/mol. The Bertz CT molecular complexity index is 452. The van der Waals surface area contributed by atoms with Gasteiger partial charge in [0, 0.05) is 24.9 Å². The van der Waals surface area contributed by atoms with Gasteiger partial charge in [-0.2, -0.15) is 11.8 Å². The van der Waals surface area contributed by atoms with Crippen molar-refractivity contribution >= 4 is 23.1 Å². The van der Waals surface area contributed by atoms with Crippen molar-refractivity contribution in [2.24, 2.45) is 5.41 Å². The third kappa shape index (κ3) is 2.93. The van der Waals surface area contributed by atoms with Gasteiger partial charge in [0.2, 0.25) is 0 Å². The zero-order valence-electron chi connectivity index (χ0n) is 12.7. The molecule has 3 rings (SSSR count). The number of thioether (sulfide) groups is 1. The lowest BCUT2D eigenvalue weighted by molar-refractivity contribution is 0.305. The van der Waals surface area contributed by atoms with E-state index in [1.54, 1.807) is 0 Å². The molecule has 0 amide bonds. The summed E-state index contributed by atoms with van der Waals surface area (Å²) in [6.07, 6.45) is 3.97. The van der Waals surface area contributed by atoms with Gasteiger partial charge in [0.15, 0.2) is 0 Å². The number of benzene rings is 1. The van der Waals surface area contributed by atoms with Crippen LogP contribution in [0, 0.1) is 5.41 Å². The van der Waals surface area contributed by atoms with Gasteiger partial charge >= 0.3 is 0 Å². The molecule has 2 nitrogen and oxygen atoms in total. The first-order valence-electron chi connectivity index (χ1n) is 7.85. The van der Waals surface area contributed by atoms with Gasteiger partial charge in [-0.25, -0.2) is 0 Å². The normalized spacial score (nSPS) is 25.7. The molecular formula is C17H26N2S. The number of anilines is 2. The smallest absolute Gasteiger partial charge is 0.0602 e. The molecule has 2 heterocycles. The van der Waals surface area contributed by atoms with Crippen LogP contribution in [0.2, 0.25) is 0 Å². The lowest BCUT2D eigenvalue weighted by Crippen LogP contribution is -2.42. The maximum absolute atomic E-state index is 3.85. The van der Waals surface area contributed by atoms with Crippen LogP contribution in [-0.2, 0) is 0 Å². The molecule has 0 saturated carbocycles. The summed E-state index contributed by atoms with van der Waals surface area (Å²) in [5, 5.41) is 3.85. The van der Waals surface area contributed by atoms with E-state index in [9.17, 15) is 0 Å². The van der Waals surface area contributed by atoms with Gasteiger partial charge in [-0.15, -0.1) is 0 Å². The summed E-state index contributed by atoms with van der Waals surface area (Å²) in [4.78, 5) is 2.53. The van der Waals surface area contributed by atoms with Crippen LogP contribution in [0.3, 0.4) is 0 Å². The monoisotopic (exact) mass is 290 g/mol. The maximum atomic E-state index is 3.85. The van der Waals surface area contributed by atoms with E-state index in [2.05, 4.69) is 60.1 Å². The SMILES string of the molecule is CC1(C)CCSCC1Nc1ccccc1N1CCCC1. The fourth-order valence-corrected chi connectivity index (χ4v) is 4.80. The summed E-state index contributed by atoms with van der Waals surface area (Å²) in [5.41, 5.74) is 3.12. The van der Waals surface area contributed by atoms with Gasteiger partial charge in [-0.1, -0.05) is 26.0 Å². The molecule has 0 radical (unpaired) electrons. The highest BCUT2D eigenvalue weighted by Gasteiger charge is 2.33. The molecule has 1 N–H and O–H groups in total. The van der Waals surface area contributed by atoms with Crippen molar-refractivity contribution in [1.29, 1.82) is 0 Å². The van der Waals surface area contributed by atoms with Crippen molar-refractivity contribution in [3.8, 4) is 0 Å². The highest BCUT2D eigenvalue weighted by Crippen LogP contribution is 2.38. The van der Waals surface area contributed by atoms with Crippen molar-refractivity contribution < 1.29 is 0 Å². The Morgan fingerprint density at radius 3 is 2.70 bits per heavy atom. The number of nitrogens with one attached hydrogen (secondary N) is 1. The molecule has 1 aromatic rings. The van der Waals surface area contributed by atoms with Crippen LogP contribution in [0.4, 0.5) is 11.4 Å². The second kappa shape index (κ2) is 5.88. The fourth-order valence-electron chi connectivity index (χ4n) is 3.19. The van der Waals surface area contributed by atoms with E-state index in [0.29, 0.717) is 11.5 Å². The standard InChI is InChI=1S/C17H26N2S/c1-17(2)9-12-20-13-16(17)18-14-7-3-4-8-15(14)19-10-5-6-11-19/h3-4,7-8,16,18H,5-6,9-13H2,1-2H3. The molecule has 2 fully saturated rings. The summed E-state index contributed by atoms with van der Waals surface area (Å²) >= 11 is 2.09. The van der Waals surface area contributed by atoms with E-state index in [0.717, 1.165) is 0 Å². The number of para-hydroxylation sites is 2. The van der Waals surface area contributed by atoms with Crippen molar-refractivity contribution in [3.63, 3.8) is 0 Å².